The van der Waals surface area contributed by atoms with Crippen LogP contribution in [-0.2, 0) is 4.74 Å². The number of nitrogens with zero attached hydrogens (tertiary/aromatic N) is 1. The second-order valence-corrected chi connectivity index (χ2v) is 4.46. The molecule has 0 aliphatic carbocycles. The van der Waals surface area contributed by atoms with Crippen molar-refractivity contribution < 1.29 is 13.9 Å². The number of hydrogen-bond donors (Lipinski definition) is 0. The minimum absolute atomic E-state index is 0.0525. The Hall–Kier alpha value is -2.07. The van der Waals surface area contributed by atoms with Crippen molar-refractivity contribution in [1.82, 2.24) is 4.90 Å². The van der Waals surface area contributed by atoms with Gasteiger partial charge in [-0.25, -0.2) is 0 Å². The quantitative estimate of drug-likeness (QED) is 0.829. The van der Waals surface area contributed by atoms with Gasteiger partial charge in [0, 0.05) is 24.2 Å². The number of benzene rings is 1. The highest BCUT2D eigenvalue weighted by Crippen LogP contribution is 2.21. The smallest absolute Gasteiger partial charge is 0.254 e. The maximum absolute atomic E-state index is 12.4. The zero-order chi connectivity index (χ0) is 13.1. The molecular weight excluding hydrogens is 242 g/mol. The molecular formula is C15H15NO3. The van der Waals surface area contributed by atoms with Gasteiger partial charge in [0.1, 0.15) is 5.76 Å². The van der Waals surface area contributed by atoms with Crippen LogP contribution in [-0.4, -0.2) is 37.1 Å². The Labute approximate surface area is 111 Å². The number of carbonyl (C=O) groups is 1. The van der Waals surface area contributed by atoms with E-state index < -0.39 is 0 Å². The van der Waals surface area contributed by atoms with E-state index in [0.717, 1.165) is 11.3 Å². The number of hydrogen-bond acceptors (Lipinski definition) is 3. The van der Waals surface area contributed by atoms with Gasteiger partial charge in [0.05, 0.1) is 19.5 Å². The lowest BCUT2D eigenvalue weighted by Crippen LogP contribution is -2.40. The fourth-order valence-corrected chi connectivity index (χ4v) is 2.20. The van der Waals surface area contributed by atoms with Crippen LogP contribution in [0.1, 0.15) is 10.4 Å². The molecule has 1 aromatic carbocycles. The van der Waals surface area contributed by atoms with Crippen molar-refractivity contribution in [2.45, 2.75) is 0 Å². The Balaban J connectivity index is 1.84. The molecule has 1 saturated heterocycles. The Morgan fingerprint density at radius 3 is 2.68 bits per heavy atom. The molecule has 2 heterocycles. The molecule has 1 fully saturated rings. The Bertz CT molecular complexity index is 557. The van der Waals surface area contributed by atoms with Crippen LogP contribution in [0.25, 0.3) is 11.3 Å². The van der Waals surface area contributed by atoms with E-state index in [0.29, 0.717) is 31.9 Å². The van der Waals surface area contributed by atoms with Crippen molar-refractivity contribution in [3.05, 3.63) is 48.2 Å². The van der Waals surface area contributed by atoms with E-state index in [4.69, 9.17) is 9.15 Å². The number of morpholine rings is 1. The highest BCUT2D eigenvalue weighted by Gasteiger charge is 2.18. The van der Waals surface area contributed by atoms with Crippen molar-refractivity contribution in [1.29, 1.82) is 0 Å². The van der Waals surface area contributed by atoms with E-state index in [1.165, 1.54) is 0 Å². The summed E-state index contributed by atoms with van der Waals surface area (Å²) in [5.41, 5.74) is 1.61. The lowest BCUT2D eigenvalue weighted by Gasteiger charge is -2.26. The van der Waals surface area contributed by atoms with E-state index >= 15 is 0 Å². The molecule has 3 rings (SSSR count). The summed E-state index contributed by atoms with van der Waals surface area (Å²) >= 11 is 0. The molecule has 1 aliphatic rings. The molecule has 4 nitrogen and oxygen atoms in total. The summed E-state index contributed by atoms with van der Waals surface area (Å²) in [7, 11) is 0. The van der Waals surface area contributed by atoms with Gasteiger partial charge in [0.2, 0.25) is 0 Å². The first-order valence-corrected chi connectivity index (χ1v) is 6.35. The molecule has 0 atom stereocenters. The molecule has 2 aromatic rings. The monoisotopic (exact) mass is 257 g/mol. The summed E-state index contributed by atoms with van der Waals surface area (Å²) in [6.45, 7) is 2.54. The summed E-state index contributed by atoms with van der Waals surface area (Å²) in [6.07, 6.45) is 1.63. The molecule has 0 N–H and O–H groups in total. The maximum atomic E-state index is 12.4. The van der Waals surface area contributed by atoms with Crippen LogP contribution in [0.4, 0.5) is 0 Å². The Kier molecular flexibility index (Phi) is 3.33. The van der Waals surface area contributed by atoms with E-state index in [1.807, 2.05) is 41.3 Å². The van der Waals surface area contributed by atoms with Gasteiger partial charge in [0.15, 0.2) is 0 Å². The van der Waals surface area contributed by atoms with Crippen LogP contribution in [0.15, 0.2) is 47.1 Å². The third-order valence-corrected chi connectivity index (χ3v) is 3.21. The van der Waals surface area contributed by atoms with E-state index in [1.54, 1.807) is 6.26 Å². The average Bonchev–Trinajstić information content (AvgIpc) is 3.02. The van der Waals surface area contributed by atoms with E-state index in [-0.39, 0.29) is 5.91 Å². The fourth-order valence-electron chi connectivity index (χ4n) is 2.20. The van der Waals surface area contributed by atoms with Gasteiger partial charge in [-0.15, -0.1) is 0 Å². The first-order chi connectivity index (χ1) is 9.34. The first kappa shape index (κ1) is 12.0. The molecule has 1 amide bonds. The van der Waals surface area contributed by atoms with E-state index in [9.17, 15) is 4.79 Å². The second-order valence-electron chi connectivity index (χ2n) is 4.46. The normalized spacial score (nSPS) is 15.5. The van der Waals surface area contributed by atoms with Gasteiger partial charge < -0.3 is 14.1 Å². The predicted molar refractivity (Wildman–Crippen MR) is 70.9 cm³/mol. The molecule has 1 aromatic heterocycles. The fraction of sp³-hybridized carbons (Fsp3) is 0.267. The van der Waals surface area contributed by atoms with Crippen LogP contribution >= 0.6 is 0 Å². The van der Waals surface area contributed by atoms with Crippen LogP contribution in [0.2, 0.25) is 0 Å². The first-order valence-electron chi connectivity index (χ1n) is 6.35. The lowest BCUT2D eigenvalue weighted by atomic mass is 10.1. The summed E-state index contributed by atoms with van der Waals surface area (Å²) in [4.78, 5) is 14.2. The van der Waals surface area contributed by atoms with Crippen molar-refractivity contribution in [2.75, 3.05) is 26.3 Å². The number of rotatable bonds is 2. The Morgan fingerprint density at radius 1 is 1.11 bits per heavy atom. The molecule has 0 spiro atoms. The van der Waals surface area contributed by atoms with Crippen molar-refractivity contribution in [3.8, 4) is 11.3 Å². The van der Waals surface area contributed by atoms with Crippen molar-refractivity contribution in [2.24, 2.45) is 0 Å². The van der Waals surface area contributed by atoms with Crippen LogP contribution < -0.4 is 0 Å². The van der Waals surface area contributed by atoms with Crippen LogP contribution in [0.3, 0.4) is 0 Å². The zero-order valence-electron chi connectivity index (χ0n) is 10.5. The maximum Gasteiger partial charge on any atom is 0.254 e. The van der Waals surface area contributed by atoms with Gasteiger partial charge in [-0.2, -0.15) is 0 Å². The summed E-state index contributed by atoms with van der Waals surface area (Å²) in [5.74, 6) is 0.827. The van der Waals surface area contributed by atoms with Crippen molar-refractivity contribution >= 4 is 5.91 Å². The molecule has 4 heteroatoms. The zero-order valence-corrected chi connectivity index (χ0v) is 10.5. The van der Waals surface area contributed by atoms with Crippen LogP contribution in [0, 0.1) is 0 Å². The largest absolute Gasteiger partial charge is 0.464 e. The number of furan rings is 1. The average molecular weight is 257 g/mol. The summed E-state index contributed by atoms with van der Waals surface area (Å²) in [5, 5.41) is 0. The predicted octanol–water partition coefficient (Wildman–Crippen LogP) is 2.42. The third kappa shape index (κ3) is 2.53. The molecule has 0 bridgehead atoms. The standard InChI is InChI=1S/C15H15NO3/c17-15(16-6-9-18-10-7-16)13-4-1-3-12(11-13)14-5-2-8-19-14/h1-5,8,11H,6-7,9-10H2. The molecule has 0 unspecified atom stereocenters. The van der Waals surface area contributed by atoms with Gasteiger partial charge in [-0.1, -0.05) is 12.1 Å². The molecule has 0 radical (unpaired) electrons. The third-order valence-electron chi connectivity index (χ3n) is 3.21. The number of carbonyl (C=O) groups excluding carboxylic acids is 1. The highest BCUT2D eigenvalue weighted by atomic mass is 16.5. The molecule has 0 saturated carbocycles. The Morgan fingerprint density at radius 2 is 1.95 bits per heavy atom. The minimum atomic E-state index is 0.0525. The second kappa shape index (κ2) is 5.28. The molecule has 98 valence electrons. The van der Waals surface area contributed by atoms with Crippen molar-refractivity contribution in [3.63, 3.8) is 0 Å². The van der Waals surface area contributed by atoms with Gasteiger partial charge in [-0.3, -0.25) is 4.79 Å². The summed E-state index contributed by atoms with van der Waals surface area (Å²) < 4.78 is 10.6. The molecule has 19 heavy (non-hydrogen) atoms. The number of amides is 1. The van der Waals surface area contributed by atoms with Gasteiger partial charge >= 0.3 is 0 Å². The SMILES string of the molecule is O=C(c1cccc(-c2ccco2)c1)N1CCOCC1. The van der Waals surface area contributed by atoms with E-state index in [2.05, 4.69) is 0 Å². The minimum Gasteiger partial charge on any atom is -0.464 e. The molecule has 1 aliphatic heterocycles. The van der Waals surface area contributed by atoms with Crippen LogP contribution in [0.5, 0.6) is 0 Å². The number of ether oxygens (including phenoxy) is 1. The topological polar surface area (TPSA) is 42.7 Å². The lowest BCUT2D eigenvalue weighted by molar-refractivity contribution is 0.0303. The highest BCUT2D eigenvalue weighted by molar-refractivity contribution is 5.95. The van der Waals surface area contributed by atoms with Gasteiger partial charge in [0.25, 0.3) is 5.91 Å². The summed E-state index contributed by atoms with van der Waals surface area (Å²) in [6, 6.07) is 11.3. The van der Waals surface area contributed by atoms with Gasteiger partial charge in [-0.05, 0) is 24.3 Å².